The average molecular weight is 223 g/mol. The molecular weight excluding hydrogens is 210 g/mol. The summed E-state index contributed by atoms with van der Waals surface area (Å²) in [6, 6.07) is 7.05. The first-order chi connectivity index (χ1) is 7.58. The van der Waals surface area contributed by atoms with Gasteiger partial charge in [0.25, 0.3) is 0 Å². The topological polar surface area (TPSA) is 104 Å². The highest BCUT2D eigenvalue weighted by atomic mass is 16.4. The molecule has 1 rings (SSSR count). The molecule has 0 aliphatic heterocycles. The maximum atomic E-state index is 11.1. The van der Waals surface area contributed by atoms with E-state index in [1.165, 1.54) is 0 Å². The van der Waals surface area contributed by atoms with Gasteiger partial charge in [-0.1, -0.05) is 12.1 Å². The summed E-state index contributed by atoms with van der Waals surface area (Å²) >= 11 is 0. The molecule has 0 saturated heterocycles. The van der Waals surface area contributed by atoms with Gasteiger partial charge in [-0.25, -0.2) is 4.79 Å². The van der Waals surface area contributed by atoms with Crippen LogP contribution in [0, 0.1) is 0 Å². The number of hydrogen-bond acceptors (Lipinski definition) is 3. The van der Waals surface area contributed by atoms with Crippen LogP contribution in [0.4, 0.5) is 10.5 Å². The molecule has 0 atom stereocenters. The van der Waals surface area contributed by atoms with Crippen molar-refractivity contribution in [2.75, 3.05) is 12.3 Å². The van der Waals surface area contributed by atoms with Crippen molar-refractivity contribution in [1.29, 1.82) is 0 Å². The number of anilines is 1. The van der Waals surface area contributed by atoms with Gasteiger partial charge < -0.3 is 21.5 Å². The number of amides is 2. The summed E-state index contributed by atoms with van der Waals surface area (Å²) in [6.45, 7) is 0.102. The zero-order valence-corrected chi connectivity index (χ0v) is 8.56. The van der Waals surface area contributed by atoms with E-state index in [-0.39, 0.29) is 12.5 Å². The van der Waals surface area contributed by atoms with Gasteiger partial charge in [0, 0.05) is 12.2 Å². The van der Waals surface area contributed by atoms with E-state index in [2.05, 4.69) is 5.32 Å². The minimum absolute atomic E-state index is 0.246. The number of carboxylic acid groups (broad SMARTS) is 1. The van der Waals surface area contributed by atoms with E-state index in [1.54, 1.807) is 24.3 Å². The van der Waals surface area contributed by atoms with Crippen molar-refractivity contribution < 1.29 is 14.7 Å². The Morgan fingerprint density at radius 2 is 1.81 bits per heavy atom. The van der Waals surface area contributed by atoms with Gasteiger partial charge in [-0.05, 0) is 17.7 Å². The monoisotopic (exact) mass is 223 g/mol. The molecule has 6 heteroatoms. The number of carbonyl (C=O) groups is 2. The quantitative estimate of drug-likeness (QED) is 0.545. The molecule has 0 unspecified atom stereocenters. The fourth-order valence-corrected chi connectivity index (χ4v) is 1.05. The van der Waals surface area contributed by atoms with Crippen molar-refractivity contribution in [3.05, 3.63) is 29.8 Å². The van der Waals surface area contributed by atoms with Gasteiger partial charge >= 0.3 is 6.09 Å². The summed E-state index contributed by atoms with van der Waals surface area (Å²) < 4.78 is 0. The van der Waals surface area contributed by atoms with E-state index in [4.69, 9.17) is 10.8 Å². The predicted molar refractivity (Wildman–Crippen MR) is 58.7 cm³/mol. The smallest absolute Gasteiger partial charge is 0.405 e. The predicted octanol–water partition coefficient (Wildman–Crippen LogP) is 0.153. The van der Waals surface area contributed by atoms with Crippen LogP contribution in [0.25, 0.3) is 0 Å². The molecule has 2 amide bonds. The highest BCUT2D eigenvalue weighted by molar-refractivity contribution is 5.81. The Kier molecular flexibility index (Phi) is 4.14. The highest BCUT2D eigenvalue weighted by Gasteiger charge is 2.02. The van der Waals surface area contributed by atoms with E-state index in [0.29, 0.717) is 12.2 Å². The van der Waals surface area contributed by atoms with E-state index in [0.717, 1.165) is 5.56 Å². The lowest BCUT2D eigenvalue weighted by Crippen LogP contribution is -2.35. The van der Waals surface area contributed by atoms with Crippen LogP contribution < -0.4 is 16.4 Å². The Balaban J connectivity index is 2.31. The van der Waals surface area contributed by atoms with Crippen molar-refractivity contribution in [3.8, 4) is 0 Å². The lowest BCUT2D eigenvalue weighted by atomic mass is 10.2. The molecule has 1 aromatic carbocycles. The van der Waals surface area contributed by atoms with Crippen LogP contribution in [0.1, 0.15) is 5.56 Å². The van der Waals surface area contributed by atoms with Crippen molar-refractivity contribution in [2.45, 2.75) is 6.54 Å². The van der Waals surface area contributed by atoms with Crippen molar-refractivity contribution >= 4 is 17.7 Å². The van der Waals surface area contributed by atoms with Crippen LogP contribution in [0.5, 0.6) is 0 Å². The third-order valence-corrected chi connectivity index (χ3v) is 1.87. The number of nitrogens with two attached hydrogens (primary N) is 1. The van der Waals surface area contributed by atoms with Crippen LogP contribution in [0.2, 0.25) is 0 Å². The summed E-state index contributed by atoms with van der Waals surface area (Å²) in [7, 11) is 0. The van der Waals surface area contributed by atoms with E-state index >= 15 is 0 Å². The summed E-state index contributed by atoms with van der Waals surface area (Å²) in [5.41, 5.74) is 7.06. The molecule has 0 bridgehead atoms. The first-order valence-corrected chi connectivity index (χ1v) is 4.66. The molecule has 0 aliphatic carbocycles. The number of hydrogen-bond donors (Lipinski definition) is 4. The zero-order valence-electron chi connectivity index (χ0n) is 8.56. The lowest BCUT2D eigenvalue weighted by molar-refractivity contribution is -0.120. The summed E-state index contributed by atoms with van der Waals surface area (Å²) in [6.07, 6.45) is -1.22. The molecule has 0 spiro atoms. The number of nitrogens with one attached hydrogen (secondary N) is 2. The van der Waals surface area contributed by atoms with E-state index in [1.807, 2.05) is 5.32 Å². The molecule has 0 aromatic heterocycles. The molecule has 0 heterocycles. The SMILES string of the molecule is Nc1ccc(CNC(=O)CNC(=O)O)cc1. The second-order valence-electron chi connectivity index (χ2n) is 3.18. The van der Waals surface area contributed by atoms with Gasteiger partial charge in [0.2, 0.25) is 5.91 Å². The zero-order chi connectivity index (χ0) is 12.0. The van der Waals surface area contributed by atoms with Crippen LogP contribution in [0.3, 0.4) is 0 Å². The summed E-state index contributed by atoms with van der Waals surface area (Å²) in [4.78, 5) is 21.2. The minimum Gasteiger partial charge on any atom is -0.465 e. The standard InChI is InChI=1S/C10H13N3O3/c11-8-3-1-7(2-4-8)5-12-9(14)6-13-10(15)16/h1-4,13H,5-6,11H2,(H,12,14)(H,15,16). The van der Waals surface area contributed by atoms with Crippen molar-refractivity contribution in [2.24, 2.45) is 0 Å². The number of carbonyl (C=O) groups excluding carboxylic acids is 1. The summed E-state index contributed by atoms with van der Waals surface area (Å²) in [5, 5.41) is 12.8. The largest absolute Gasteiger partial charge is 0.465 e. The Hall–Kier alpha value is -2.24. The van der Waals surface area contributed by atoms with Crippen molar-refractivity contribution in [3.63, 3.8) is 0 Å². The third-order valence-electron chi connectivity index (χ3n) is 1.87. The Bertz CT molecular complexity index is 375. The maximum absolute atomic E-state index is 11.1. The lowest BCUT2D eigenvalue weighted by Gasteiger charge is -2.05. The summed E-state index contributed by atoms with van der Waals surface area (Å²) in [5.74, 6) is -0.376. The Morgan fingerprint density at radius 1 is 1.19 bits per heavy atom. The van der Waals surface area contributed by atoms with Crippen molar-refractivity contribution in [1.82, 2.24) is 10.6 Å². The number of nitrogen functional groups attached to an aromatic ring is 1. The van der Waals surface area contributed by atoms with Gasteiger partial charge in [-0.15, -0.1) is 0 Å². The first-order valence-electron chi connectivity index (χ1n) is 4.66. The molecule has 1 aromatic rings. The molecule has 5 N–H and O–H groups in total. The van der Waals surface area contributed by atoms with Crippen LogP contribution in [0.15, 0.2) is 24.3 Å². The minimum atomic E-state index is -1.22. The van der Waals surface area contributed by atoms with E-state index < -0.39 is 6.09 Å². The molecule has 0 fully saturated rings. The third kappa shape index (κ3) is 4.32. The van der Waals surface area contributed by atoms with Gasteiger partial charge in [-0.3, -0.25) is 4.79 Å². The molecule has 0 radical (unpaired) electrons. The number of rotatable bonds is 4. The van der Waals surface area contributed by atoms with Gasteiger partial charge in [-0.2, -0.15) is 0 Å². The van der Waals surface area contributed by atoms with Crippen LogP contribution in [-0.2, 0) is 11.3 Å². The second-order valence-corrected chi connectivity index (χ2v) is 3.18. The van der Waals surface area contributed by atoms with Gasteiger partial charge in [0.15, 0.2) is 0 Å². The Labute approximate surface area is 92.4 Å². The first kappa shape index (κ1) is 11.8. The Morgan fingerprint density at radius 3 is 2.38 bits per heavy atom. The maximum Gasteiger partial charge on any atom is 0.405 e. The molecule has 86 valence electrons. The van der Waals surface area contributed by atoms with E-state index in [9.17, 15) is 9.59 Å². The molecule has 6 nitrogen and oxygen atoms in total. The molecule has 16 heavy (non-hydrogen) atoms. The highest BCUT2D eigenvalue weighted by Crippen LogP contribution is 2.04. The normalized spacial score (nSPS) is 9.50. The second kappa shape index (κ2) is 5.59. The van der Waals surface area contributed by atoms with Crippen LogP contribution >= 0.6 is 0 Å². The molecule has 0 aliphatic rings. The van der Waals surface area contributed by atoms with Crippen LogP contribution in [-0.4, -0.2) is 23.7 Å². The number of benzene rings is 1. The molecular formula is C10H13N3O3. The fraction of sp³-hybridized carbons (Fsp3) is 0.200. The average Bonchev–Trinajstić information content (AvgIpc) is 2.25. The van der Waals surface area contributed by atoms with Gasteiger partial charge in [0.05, 0.1) is 6.54 Å². The van der Waals surface area contributed by atoms with Gasteiger partial charge in [0.1, 0.15) is 0 Å². The fourth-order valence-electron chi connectivity index (χ4n) is 1.05. The molecule has 0 saturated carbocycles.